The summed E-state index contributed by atoms with van der Waals surface area (Å²) in [5.74, 6) is 0.305. The molecule has 0 saturated carbocycles. The zero-order valence-corrected chi connectivity index (χ0v) is 15.1. The molecule has 0 spiro atoms. The molecular weight excluding hydrogens is 340 g/mol. The van der Waals surface area contributed by atoms with Crippen molar-refractivity contribution in [2.45, 2.75) is 57.9 Å². The second kappa shape index (κ2) is 8.75. The molecule has 4 N–H and O–H groups in total. The van der Waals surface area contributed by atoms with E-state index in [0.29, 0.717) is 17.7 Å². The maximum Gasteiger partial charge on any atom is 0.229 e. The molecule has 0 aliphatic carbocycles. The smallest absolute Gasteiger partial charge is 0.229 e. The molecular formula is C19H26O7. The van der Waals surface area contributed by atoms with Gasteiger partial charge in [-0.15, -0.1) is 0 Å². The lowest BCUT2D eigenvalue weighted by Crippen LogP contribution is -2.60. The van der Waals surface area contributed by atoms with Crippen molar-refractivity contribution in [3.63, 3.8) is 0 Å². The summed E-state index contributed by atoms with van der Waals surface area (Å²) in [5.41, 5.74) is 2.34. The predicted octanol–water partition coefficient (Wildman–Crippen LogP) is 0.577. The first-order chi connectivity index (χ1) is 12.2. The van der Waals surface area contributed by atoms with Gasteiger partial charge in [0.05, 0.1) is 6.61 Å². The van der Waals surface area contributed by atoms with Gasteiger partial charge in [0.15, 0.2) is 5.78 Å². The molecule has 0 radical (unpaired) electrons. The molecule has 7 nitrogen and oxygen atoms in total. The Hall–Kier alpha value is -1.77. The molecule has 1 heterocycles. The van der Waals surface area contributed by atoms with E-state index < -0.39 is 37.3 Å². The molecule has 0 bridgehead atoms. The Morgan fingerprint density at radius 3 is 2.42 bits per heavy atom. The summed E-state index contributed by atoms with van der Waals surface area (Å²) < 4.78 is 11.1. The Morgan fingerprint density at radius 2 is 1.85 bits per heavy atom. The number of ether oxygens (including phenoxy) is 2. The average molecular weight is 366 g/mol. The number of carbonyl (C=O) groups excluding carboxylic acids is 1. The van der Waals surface area contributed by atoms with Gasteiger partial charge < -0.3 is 29.9 Å². The lowest BCUT2D eigenvalue weighted by molar-refractivity contribution is -0.277. The van der Waals surface area contributed by atoms with E-state index in [0.717, 1.165) is 11.1 Å². The fourth-order valence-electron chi connectivity index (χ4n) is 2.68. The van der Waals surface area contributed by atoms with E-state index in [4.69, 9.17) is 9.47 Å². The van der Waals surface area contributed by atoms with Crippen LogP contribution in [-0.4, -0.2) is 63.5 Å². The van der Waals surface area contributed by atoms with Crippen molar-refractivity contribution in [1.29, 1.82) is 0 Å². The zero-order valence-electron chi connectivity index (χ0n) is 15.1. The number of hydrogen-bond donors (Lipinski definition) is 4. The highest BCUT2D eigenvalue weighted by molar-refractivity contribution is 5.94. The summed E-state index contributed by atoms with van der Waals surface area (Å²) >= 11 is 0. The van der Waals surface area contributed by atoms with Crippen LogP contribution in [0.2, 0.25) is 0 Å². The van der Waals surface area contributed by atoms with E-state index in [-0.39, 0.29) is 5.78 Å². The number of allylic oxidation sites excluding steroid dienone is 2. The van der Waals surface area contributed by atoms with Crippen molar-refractivity contribution >= 4 is 5.78 Å². The third-order valence-corrected chi connectivity index (χ3v) is 4.29. The Balaban J connectivity index is 2.29. The summed E-state index contributed by atoms with van der Waals surface area (Å²) in [7, 11) is 0. The number of aliphatic hydroxyl groups is 4. The summed E-state index contributed by atoms with van der Waals surface area (Å²) in [6.45, 7) is 4.84. The summed E-state index contributed by atoms with van der Waals surface area (Å²) in [4.78, 5) is 11.6. The Bertz CT molecular complexity index is 664. The van der Waals surface area contributed by atoms with Crippen molar-refractivity contribution in [2.75, 3.05) is 6.61 Å². The molecule has 1 aliphatic heterocycles. The highest BCUT2D eigenvalue weighted by Gasteiger charge is 2.44. The second-order valence-corrected chi connectivity index (χ2v) is 6.68. The number of ketones is 1. The lowest BCUT2D eigenvalue weighted by Gasteiger charge is -2.39. The molecule has 144 valence electrons. The molecule has 1 aromatic carbocycles. The number of carbonyl (C=O) groups is 1. The monoisotopic (exact) mass is 366 g/mol. The van der Waals surface area contributed by atoms with E-state index in [2.05, 4.69) is 0 Å². The first-order valence-corrected chi connectivity index (χ1v) is 8.49. The van der Waals surface area contributed by atoms with E-state index >= 15 is 0 Å². The van der Waals surface area contributed by atoms with Crippen LogP contribution in [0.25, 0.3) is 0 Å². The molecule has 1 saturated heterocycles. The van der Waals surface area contributed by atoms with Crippen LogP contribution in [0, 0.1) is 0 Å². The number of rotatable bonds is 6. The fraction of sp³-hybridized carbons (Fsp3) is 0.526. The summed E-state index contributed by atoms with van der Waals surface area (Å²) in [6.07, 6.45) is -4.27. The van der Waals surface area contributed by atoms with E-state index in [9.17, 15) is 25.2 Å². The minimum absolute atomic E-state index is 0.0807. The molecule has 1 aliphatic rings. The van der Waals surface area contributed by atoms with Gasteiger partial charge in [-0.25, -0.2) is 0 Å². The topological polar surface area (TPSA) is 116 Å². The van der Waals surface area contributed by atoms with Crippen molar-refractivity contribution in [3.05, 3.63) is 41.0 Å². The van der Waals surface area contributed by atoms with Gasteiger partial charge in [-0.05, 0) is 51.0 Å². The van der Waals surface area contributed by atoms with E-state index in [1.54, 1.807) is 18.2 Å². The van der Waals surface area contributed by atoms with Crippen LogP contribution < -0.4 is 4.74 Å². The molecule has 2 rings (SSSR count). The molecule has 1 aromatic rings. The first-order valence-electron chi connectivity index (χ1n) is 8.49. The largest absolute Gasteiger partial charge is 0.462 e. The van der Waals surface area contributed by atoms with Crippen LogP contribution in [0.1, 0.15) is 36.7 Å². The van der Waals surface area contributed by atoms with Crippen LogP contribution in [0.5, 0.6) is 5.75 Å². The van der Waals surface area contributed by atoms with Crippen LogP contribution in [0.4, 0.5) is 0 Å². The average Bonchev–Trinajstić information content (AvgIpc) is 2.60. The highest BCUT2D eigenvalue weighted by atomic mass is 16.7. The SMILES string of the molecule is CC(=O)c1ccc(O[C@@H]2O[C@H](CO)[C@@H](O)[C@H](O)[C@H]2O)c(CC=C(C)C)c1. The van der Waals surface area contributed by atoms with Crippen molar-refractivity contribution in [1.82, 2.24) is 0 Å². The minimum Gasteiger partial charge on any atom is -0.462 e. The Labute approximate surface area is 152 Å². The van der Waals surface area contributed by atoms with E-state index in [1.165, 1.54) is 6.92 Å². The van der Waals surface area contributed by atoms with Gasteiger partial charge >= 0.3 is 0 Å². The minimum atomic E-state index is -1.51. The van der Waals surface area contributed by atoms with Crippen molar-refractivity contribution in [3.8, 4) is 5.75 Å². The predicted molar refractivity (Wildman–Crippen MR) is 94.0 cm³/mol. The normalized spacial score (nSPS) is 28.5. The zero-order chi connectivity index (χ0) is 19.4. The van der Waals surface area contributed by atoms with Gasteiger partial charge in [-0.1, -0.05) is 11.6 Å². The first kappa shape index (κ1) is 20.5. The van der Waals surface area contributed by atoms with Gasteiger partial charge in [0, 0.05) is 5.56 Å². The third-order valence-electron chi connectivity index (χ3n) is 4.29. The molecule has 0 aromatic heterocycles. The Morgan fingerprint density at radius 1 is 1.15 bits per heavy atom. The van der Waals surface area contributed by atoms with Crippen molar-refractivity contribution in [2.24, 2.45) is 0 Å². The molecule has 26 heavy (non-hydrogen) atoms. The van der Waals surface area contributed by atoms with Crippen LogP contribution >= 0.6 is 0 Å². The number of benzene rings is 1. The lowest BCUT2D eigenvalue weighted by atomic mass is 9.99. The summed E-state index contributed by atoms with van der Waals surface area (Å²) in [5, 5.41) is 39.1. The Kier molecular flexibility index (Phi) is 6.91. The standard InChI is InChI=1S/C19H26O7/c1-10(2)4-5-13-8-12(11(3)21)6-7-14(13)25-19-18(24)17(23)16(22)15(9-20)26-19/h4,6-8,15-20,22-24H,5,9H2,1-3H3/t15-,16-,17+,18-,19-/m1/s1. The van der Waals surface area contributed by atoms with Gasteiger partial charge in [-0.3, -0.25) is 4.79 Å². The molecule has 5 atom stereocenters. The van der Waals surface area contributed by atoms with Crippen LogP contribution in [-0.2, 0) is 11.2 Å². The second-order valence-electron chi connectivity index (χ2n) is 6.68. The van der Waals surface area contributed by atoms with Gasteiger partial charge in [0.25, 0.3) is 0 Å². The number of hydrogen-bond acceptors (Lipinski definition) is 7. The maximum absolute atomic E-state index is 11.6. The fourth-order valence-corrected chi connectivity index (χ4v) is 2.68. The number of aliphatic hydroxyl groups excluding tert-OH is 4. The van der Waals surface area contributed by atoms with Gasteiger partial charge in [-0.2, -0.15) is 0 Å². The van der Waals surface area contributed by atoms with Crippen molar-refractivity contribution < 1.29 is 34.7 Å². The number of Topliss-reactive ketones (excluding diaryl/α,β-unsaturated/α-hetero) is 1. The highest BCUT2D eigenvalue weighted by Crippen LogP contribution is 2.28. The van der Waals surface area contributed by atoms with E-state index in [1.807, 2.05) is 19.9 Å². The molecule has 7 heteroatoms. The van der Waals surface area contributed by atoms with Crippen LogP contribution in [0.3, 0.4) is 0 Å². The van der Waals surface area contributed by atoms with Gasteiger partial charge in [0.2, 0.25) is 6.29 Å². The summed E-state index contributed by atoms with van der Waals surface area (Å²) in [6, 6.07) is 4.92. The maximum atomic E-state index is 11.6. The quantitative estimate of drug-likeness (QED) is 0.430. The molecule has 1 fully saturated rings. The van der Waals surface area contributed by atoms with Crippen LogP contribution in [0.15, 0.2) is 29.8 Å². The molecule has 0 amide bonds. The third kappa shape index (κ3) is 4.69. The molecule has 0 unspecified atom stereocenters. The van der Waals surface area contributed by atoms with Gasteiger partial charge in [0.1, 0.15) is 30.2 Å².